The van der Waals surface area contributed by atoms with E-state index in [1.54, 1.807) is 43.3 Å². The molecule has 25 heavy (non-hydrogen) atoms. The highest BCUT2D eigenvalue weighted by Crippen LogP contribution is 2.15. The summed E-state index contributed by atoms with van der Waals surface area (Å²) in [6.07, 6.45) is 1.39. The van der Waals surface area contributed by atoms with Crippen molar-refractivity contribution >= 4 is 23.6 Å². The van der Waals surface area contributed by atoms with Gasteiger partial charge in [-0.2, -0.15) is 5.26 Å². The van der Waals surface area contributed by atoms with E-state index in [4.69, 9.17) is 10.00 Å². The van der Waals surface area contributed by atoms with Gasteiger partial charge in [0.05, 0.1) is 12.2 Å². The van der Waals surface area contributed by atoms with Crippen molar-refractivity contribution in [2.45, 2.75) is 6.92 Å². The van der Waals surface area contributed by atoms with Crippen molar-refractivity contribution in [2.75, 3.05) is 11.9 Å². The van der Waals surface area contributed by atoms with Gasteiger partial charge in [0, 0.05) is 5.69 Å². The molecule has 5 nitrogen and oxygen atoms in total. The van der Waals surface area contributed by atoms with Crippen LogP contribution in [0.5, 0.6) is 0 Å². The third-order valence-corrected chi connectivity index (χ3v) is 3.21. The molecule has 0 saturated carbocycles. The Morgan fingerprint density at radius 3 is 2.48 bits per heavy atom. The molecular weight excluding hydrogens is 323 g/mol. The first kappa shape index (κ1) is 17.9. The summed E-state index contributed by atoms with van der Waals surface area (Å²) < 4.78 is 18.4. The monoisotopic (exact) mass is 338 g/mol. The molecule has 0 aliphatic heterocycles. The molecular formula is C19H15FN2O3. The smallest absolute Gasteiger partial charge is 0.348 e. The lowest BCUT2D eigenvalue weighted by Crippen LogP contribution is -2.13. The second-order valence-electron chi connectivity index (χ2n) is 4.95. The van der Waals surface area contributed by atoms with Crippen LogP contribution in [0, 0.1) is 17.1 Å². The molecule has 0 heterocycles. The number of nitrogens with zero attached hydrogens (tertiary/aromatic N) is 1. The summed E-state index contributed by atoms with van der Waals surface area (Å²) in [5, 5.41) is 11.6. The first-order chi connectivity index (χ1) is 12.0. The lowest BCUT2D eigenvalue weighted by Gasteiger charge is -2.06. The summed E-state index contributed by atoms with van der Waals surface area (Å²) in [6, 6.07) is 13.9. The number of esters is 1. The minimum Gasteiger partial charge on any atom is -0.462 e. The average Bonchev–Trinajstić information content (AvgIpc) is 2.61. The quantitative estimate of drug-likeness (QED) is 0.514. The summed E-state index contributed by atoms with van der Waals surface area (Å²) in [5.41, 5.74) is 0.874. The number of carbonyl (C=O) groups excluding carboxylic acids is 2. The standard InChI is InChI=1S/C19H15FN2O3/c1-2-25-19(24)14(12-21)11-13-7-9-15(10-8-13)22-18(23)16-5-3-4-6-17(16)20/h3-11H,2H2,1H3,(H,22,23). The van der Waals surface area contributed by atoms with Crippen molar-refractivity contribution in [2.24, 2.45) is 0 Å². The predicted molar refractivity (Wildman–Crippen MR) is 91.0 cm³/mol. The van der Waals surface area contributed by atoms with Crippen LogP contribution < -0.4 is 5.32 Å². The number of hydrogen-bond acceptors (Lipinski definition) is 4. The van der Waals surface area contributed by atoms with Gasteiger partial charge in [0.2, 0.25) is 0 Å². The van der Waals surface area contributed by atoms with Crippen molar-refractivity contribution < 1.29 is 18.7 Å². The first-order valence-corrected chi connectivity index (χ1v) is 7.50. The van der Waals surface area contributed by atoms with E-state index in [9.17, 15) is 14.0 Å². The second kappa shape index (κ2) is 8.41. The van der Waals surface area contributed by atoms with Crippen LogP contribution in [-0.2, 0) is 9.53 Å². The van der Waals surface area contributed by atoms with Gasteiger partial charge in [0.1, 0.15) is 17.5 Å². The van der Waals surface area contributed by atoms with Crippen LogP contribution in [0.25, 0.3) is 6.08 Å². The Kier molecular flexibility index (Phi) is 6.02. The molecule has 0 spiro atoms. The zero-order valence-corrected chi connectivity index (χ0v) is 13.5. The Labute approximate surface area is 144 Å². The molecule has 126 valence electrons. The minimum atomic E-state index is -0.693. The van der Waals surface area contributed by atoms with Crippen LogP contribution in [-0.4, -0.2) is 18.5 Å². The van der Waals surface area contributed by atoms with E-state index in [0.29, 0.717) is 11.3 Å². The van der Waals surface area contributed by atoms with Gasteiger partial charge in [-0.3, -0.25) is 4.79 Å². The van der Waals surface area contributed by atoms with Crippen molar-refractivity contribution in [1.29, 1.82) is 5.26 Å². The average molecular weight is 338 g/mol. The molecule has 2 rings (SSSR count). The highest BCUT2D eigenvalue weighted by molar-refractivity contribution is 6.04. The number of nitriles is 1. The number of nitrogens with one attached hydrogen (secondary N) is 1. The fraction of sp³-hybridized carbons (Fsp3) is 0.105. The zero-order chi connectivity index (χ0) is 18.2. The number of ether oxygens (including phenoxy) is 1. The Balaban J connectivity index is 2.12. The van der Waals surface area contributed by atoms with Crippen LogP contribution in [0.3, 0.4) is 0 Å². The van der Waals surface area contributed by atoms with E-state index >= 15 is 0 Å². The summed E-state index contributed by atoms with van der Waals surface area (Å²) >= 11 is 0. The number of hydrogen-bond donors (Lipinski definition) is 1. The fourth-order valence-electron chi connectivity index (χ4n) is 2.02. The summed E-state index contributed by atoms with van der Waals surface area (Å²) in [7, 11) is 0. The SMILES string of the molecule is CCOC(=O)C(C#N)=Cc1ccc(NC(=O)c2ccccc2F)cc1. The molecule has 0 radical (unpaired) electrons. The molecule has 0 aliphatic carbocycles. The topological polar surface area (TPSA) is 79.2 Å². The largest absolute Gasteiger partial charge is 0.462 e. The third kappa shape index (κ3) is 4.75. The van der Waals surface area contributed by atoms with Crippen molar-refractivity contribution in [3.8, 4) is 6.07 Å². The molecule has 1 amide bonds. The fourth-order valence-corrected chi connectivity index (χ4v) is 2.02. The Morgan fingerprint density at radius 1 is 1.20 bits per heavy atom. The lowest BCUT2D eigenvalue weighted by molar-refractivity contribution is -0.137. The van der Waals surface area contributed by atoms with E-state index < -0.39 is 17.7 Å². The predicted octanol–water partition coefficient (Wildman–Crippen LogP) is 3.55. The van der Waals surface area contributed by atoms with Crippen LogP contribution in [0.4, 0.5) is 10.1 Å². The highest BCUT2D eigenvalue weighted by Gasteiger charge is 2.11. The maximum atomic E-state index is 13.6. The minimum absolute atomic E-state index is 0.0550. The molecule has 6 heteroatoms. The number of amides is 1. The third-order valence-electron chi connectivity index (χ3n) is 3.21. The highest BCUT2D eigenvalue weighted by atomic mass is 19.1. The molecule has 0 aromatic heterocycles. The van der Waals surface area contributed by atoms with Crippen LogP contribution in [0.15, 0.2) is 54.1 Å². The van der Waals surface area contributed by atoms with Crippen molar-refractivity contribution in [3.05, 3.63) is 71.0 Å². The number of benzene rings is 2. The summed E-state index contributed by atoms with van der Waals surface area (Å²) in [6.45, 7) is 1.83. The number of carbonyl (C=O) groups is 2. The van der Waals surface area contributed by atoms with E-state index in [-0.39, 0.29) is 17.7 Å². The molecule has 0 atom stereocenters. The van der Waals surface area contributed by atoms with Gasteiger partial charge in [0.15, 0.2) is 0 Å². The second-order valence-corrected chi connectivity index (χ2v) is 4.95. The molecule has 2 aromatic carbocycles. The molecule has 0 unspecified atom stereocenters. The van der Waals surface area contributed by atoms with Crippen molar-refractivity contribution in [3.63, 3.8) is 0 Å². The number of anilines is 1. The maximum Gasteiger partial charge on any atom is 0.348 e. The Hall–Kier alpha value is -3.46. The molecule has 2 aromatic rings. The van der Waals surface area contributed by atoms with Gasteiger partial charge in [-0.15, -0.1) is 0 Å². The number of rotatable bonds is 5. The molecule has 0 aliphatic rings. The van der Waals surface area contributed by atoms with Crippen molar-refractivity contribution in [1.82, 2.24) is 0 Å². The molecule has 0 bridgehead atoms. The van der Waals surface area contributed by atoms with E-state index in [1.807, 2.05) is 0 Å². The Morgan fingerprint density at radius 2 is 1.88 bits per heavy atom. The van der Waals surface area contributed by atoms with Gasteiger partial charge < -0.3 is 10.1 Å². The van der Waals surface area contributed by atoms with Crippen LogP contribution >= 0.6 is 0 Å². The van der Waals surface area contributed by atoms with Gasteiger partial charge >= 0.3 is 5.97 Å². The molecule has 0 fully saturated rings. The zero-order valence-electron chi connectivity index (χ0n) is 13.5. The Bertz CT molecular complexity index is 852. The van der Waals surface area contributed by atoms with Gasteiger partial charge in [0.25, 0.3) is 5.91 Å². The van der Waals surface area contributed by atoms with Gasteiger partial charge in [-0.25, -0.2) is 9.18 Å². The summed E-state index contributed by atoms with van der Waals surface area (Å²) in [4.78, 5) is 23.6. The van der Waals surface area contributed by atoms with E-state index in [2.05, 4.69) is 5.32 Å². The number of halogens is 1. The van der Waals surface area contributed by atoms with Gasteiger partial charge in [-0.05, 0) is 42.8 Å². The maximum absolute atomic E-state index is 13.6. The lowest BCUT2D eigenvalue weighted by atomic mass is 10.1. The molecule has 1 N–H and O–H groups in total. The van der Waals surface area contributed by atoms with Gasteiger partial charge in [-0.1, -0.05) is 24.3 Å². The van der Waals surface area contributed by atoms with E-state index in [0.717, 1.165) is 0 Å². The normalized spacial score (nSPS) is 10.7. The first-order valence-electron chi connectivity index (χ1n) is 7.50. The van der Waals surface area contributed by atoms with Crippen LogP contribution in [0.1, 0.15) is 22.8 Å². The van der Waals surface area contributed by atoms with E-state index in [1.165, 1.54) is 24.3 Å². The van der Waals surface area contributed by atoms with Crippen LogP contribution in [0.2, 0.25) is 0 Å². The molecule has 0 saturated heterocycles. The summed E-state index contributed by atoms with van der Waals surface area (Å²) in [5.74, 6) is -1.86.